The molecule has 0 atom stereocenters. The van der Waals surface area contributed by atoms with Crippen LogP contribution >= 0.6 is 0 Å². The molecule has 2 aromatic carbocycles. The number of aryl methyl sites for hydroxylation is 2. The Hall–Kier alpha value is -2.67. The van der Waals surface area contributed by atoms with E-state index in [2.05, 4.69) is 5.32 Å². The van der Waals surface area contributed by atoms with E-state index in [0.717, 1.165) is 18.4 Å². The third-order valence-electron chi connectivity index (χ3n) is 7.10. The maximum absolute atomic E-state index is 13.9. The summed E-state index contributed by atoms with van der Waals surface area (Å²) < 4.78 is 26.4. The van der Waals surface area contributed by atoms with Crippen molar-refractivity contribution in [2.75, 3.05) is 13.1 Å². The van der Waals surface area contributed by atoms with E-state index in [0.29, 0.717) is 49.9 Å². The summed E-state index contributed by atoms with van der Waals surface area (Å²) >= 11 is 0. The maximum atomic E-state index is 13.9. The Morgan fingerprint density at radius 1 is 0.970 bits per heavy atom. The predicted octanol–water partition coefficient (Wildman–Crippen LogP) is 3.81. The first-order valence-electron chi connectivity index (χ1n) is 11.7. The molecule has 2 aromatic rings. The molecule has 33 heavy (non-hydrogen) atoms. The van der Waals surface area contributed by atoms with Crippen molar-refractivity contribution < 1.29 is 18.0 Å². The zero-order valence-electron chi connectivity index (χ0n) is 19.3. The molecule has 2 amide bonds. The number of hydrogen-bond acceptors (Lipinski definition) is 4. The second kappa shape index (κ2) is 9.29. The highest BCUT2D eigenvalue weighted by Gasteiger charge is 2.55. The van der Waals surface area contributed by atoms with Crippen LogP contribution in [0.25, 0.3) is 0 Å². The van der Waals surface area contributed by atoms with Gasteiger partial charge < -0.3 is 10.2 Å². The zero-order valence-corrected chi connectivity index (χ0v) is 20.2. The highest BCUT2D eigenvalue weighted by Crippen LogP contribution is 2.43. The van der Waals surface area contributed by atoms with Gasteiger partial charge in [0.25, 0.3) is 5.91 Å². The highest BCUT2D eigenvalue weighted by molar-refractivity contribution is 7.93. The number of nitrogens with one attached hydrogen (secondary N) is 1. The molecule has 0 radical (unpaired) electrons. The number of piperidine rings is 1. The van der Waals surface area contributed by atoms with Gasteiger partial charge in [-0.2, -0.15) is 0 Å². The smallest absolute Gasteiger partial charge is 0.251 e. The SMILES string of the molecule is Cc1ccc(C)c(S(=O)(=O)C2(C(=O)N3CCC(NC(=O)c4ccccc4)CC3)CCCC2)c1. The summed E-state index contributed by atoms with van der Waals surface area (Å²) in [4.78, 5) is 28.2. The molecule has 1 heterocycles. The second-order valence-corrected chi connectivity index (χ2v) is 11.6. The first kappa shape index (κ1) is 23.5. The number of benzene rings is 2. The van der Waals surface area contributed by atoms with Crippen LogP contribution in [0.15, 0.2) is 53.4 Å². The van der Waals surface area contributed by atoms with Gasteiger partial charge in [-0.3, -0.25) is 9.59 Å². The second-order valence-electron chi connectivity index (χ2n) is 9.38. The van der Waals surface area contributed by atoms with E-state index in [9.17, 15) is 18.0 Å². The molecule has 4 rings (SSSR count). The molecule has 1 aliphatic carbocycles. The monoisotopic (exact) mass is 468 g/mol. The number of amides is 2. The van der Waals surface area contributed by atoms with Gasteiger partial charge in [-0.05, 0) is 68.9 Å². The summed E-state index contributed by atoms with van der Waals surface area (Å²) in [6.45, 7) is 4.56. The van der Waals surface area contributed by atoms with Crippen LogP contribution in [0.3, 0.4) is 0 Å². The molecule has 1 N–H and O–H groups in total. The van der Waals surface area contributed by atoms with Crippen LogP contribution in [0, 0.1) is 13.8 Å². The fourth-order valence-corrected chi connectivity index (χ4v) is 7.56. The topological polar surface area (TPSA) is 83.6 Å². The van der Waals surface area contributed by atoms with Gasteiger partial charge in [0.15, 0.2) is 14.6 Å². The van der Waals surface area contributed by atoms with Gasteiger partial charge in [0.2, 0.25) is 5.91 Å². The van der Waals surface area contributed by atoms with Crippen molar-refractivity contribution in [3.05, 3.63) is 65.2 Å². The third-order valence-corrected chi connectivity index (χ3v) is 9.73. The molecule has 0 aromatic heterocycles. The molecule has 2 fully saturated rings. The van der Waals surface area contributed by atoms with Crippen LogP contribution in [-0.2, 0) is 14.6 Å². The zero-order chi connectivity index (χ0) is 23.6. The van der Waals surface area contributed by atoms with E-state index in [1.807, 2.05) is 37.3 Å². The first-order chi connectivity index (χ1) is 15.7. The average molecular weight is 469 g/mol. The maximum Gasteiger partial charge on any atom is 0.251 e. The molecule has 0 spiro atoms. The lowest BCUT2D eigenvalue weighted by molar-refractivity contribution is -0.135. The molecule has 7 heteroatoms. The van der Waals surface area contributed by atoms with Gasteiger partial charge in [-0.15, -0.1) is 0 Å². The Balaban J connectivity index is 1.49. The van der Waals surface area contributed by atoms with Gasteiger partial charge in [0.1, 0.15) is 0 Å². The molecule has 1 aliphatic heterocycles. The minimum atomic E-state index is -3.83. The largest absolute Gasteiger partial charge is 0.349 e. The lowest BCUT2D eigenvalue weighted by Gasteiger charge is -2.38. The van der Waals surface area contributed by atoms with Gasteiger partial charge in [-0.25, -0.2) is 8.42 Å². The van der Waals surface area contributed by atoms with Crippen molar-refractivity contribution in [3.63, 3.8) is 0 Å². The Morgan fingerprint density at radius 2 is 1.61 bits per heavy atom. The lowest BCUT2D eigenvalue weighted by atomic mass is 10.00. The van der Waals surface area contributed by atoms with E-state index in [-0.39, 0.29) is 22.8 Å². The number of likely N-dealkylation sites (tertiary alicyclic amines) is 1. The quantitative estimate of drug-likeness (QED) is 0.723. The van der Waals surface area contributed by atoms with Crippen molar-refractivity contribution in [2.45, 2.75) is 68.1 Å². The van der Waals surface area contributed by atoms with Gasteiger partial charge in [-0.1, -0.05) is 43.2 Å². The highest BCUT2D eigenvalue weighted by atomic mass is 32.2. The molecule has 1 saturated heterocycles. The molecule has 6 nitrogen and oxygen atoms in total. The van der Waals surface area contributed by atoms with Crippen molar-refractivity contribution in [1.82, 2.24) is 10.2 Å². The Bertz CT molecular complexity index is 1130. The van der Waals surface area contributed by atoms with Gasteiger partial charge in [0, 0.05) is 24.7 Å². The van der Waals surface area contributed by atoms with E-state index in [4.69, 9.17) is 0 Å². The van der Waals surface area contributed by atoms with E-state index >= 15 is 0 Å². The van der Waals surface area contributed by atoms with Gasteiger partial charge >= 0.3 is 0 Å². The van der Waals surface area contributed by atoms with Crippen molar-refractivity contribution in [3.8, 4) is 0 Å². The number of carbonyl (C=O) groups is 2. The van der Waals surface area contributed by atoms with Crippen LogP contribution in [0.4, 0.5) is 0 Å². The van der Waals surface area contributed by atoms with E-state index < -0.39 is 14.6 Å². The third kappa shape index (κ3) is 4.43. The molecule has 0 unspecified atom stereocenters. The number of carbonyl (C=O) groups excluding carboxylic acids is 2. The average Bonchev–Trinajstić information content (AvgIpc) is 3.33. The standard InChI is InChI=1S/C26H32N2O4S/c1-19-10-11-20(2)23(18-19)33(31,32)26(14-6-7-15-26)25(30)28-16-12-22(13-17-28)27-24(29)21-8-4-3-5-9-21/h3-5,8-11,18,22H,6-7,12-17H2,1-2H3,(H,27,29). The van der Waals surface area contributed by atoms with E-state index in [1.165, 1.54) is 0 Å². The summed E-state index contributed by atoms with van der Waals surface area (Å²) in [5.74, 6) is -0.390. The number of sulfone groups is 1. The first-order valence-corrected chi connectivity index (χ1v) is 13.2. The fraction of sp³-hybridized carbons (Fsp3) is 0.462. The Kier molecular flexibility index (Phi) is 6.61. The Morgan fingerprint density at radius 3 is 2.24 bits per heavy atom. The van der Waals surface area contributed by atoms with Crippen molar-refractivity contribution in [1.29, 1.82) is 0 Å². The minimum absolute atomic E-state index is 0.0306. The van der Waals surface area contributed by atoms with Crippen LogP contribution in [0.1, 0.15) is 60.0 Å². The molecule has 1 saturated carbocycles. The van der Waals surface area contributed by atoms with Crippen LogP contribution in [0.5, 0.6) is 0 Å². The van der Waals surface area contributed by atoms with Crippen LogP contribution in [0.2, 0.25) is 0 Å². The Labute approximate surface area is 196 Å². The summed E-state index contributed by atoms with van der Waals surface area (Å²) in [7, 11) is -3.83. The number of hydrogen-bond donors (Lipinski definition) is 1. The van der Waals surface area contributed by atoms with E-state index in [1.54, 1.807) is 30.0 Å². The molecule has 0 bridgehead atoms. The van der Waals surface area contributed by atoms with Crippen molar-refractivity contribution in [2.24, 2.45) is 0 Å². The normalized spacial score (nSPS) is 18.8. The fourth-order valence-electron chi connectivity index (χ4n) is 5.12. The predicted molar refractivity (Wildman–Crippen MR) is 128 cm³/mol. The van der Waals surface area contributed by atoms with Crippen LogP contribution < -0.4 is 5.32 Å². The summed E-state index contributed by atoms with van der Waals surface area (Å²) in [6.07, 6.45) is 3.44. The molecule has 2 aliphatic rings. The molecule has 176 valence electrons. The lowest BCUT2D eigenvalue weighted by Crippen LogP contribution is -2.56. The molecular weight excluding hydrogens is 436 g/mol. The van der Waals surface area contributed by atoms with Gasteiger partial charge in [0.05, 0.1) is 4.90 Å². The van der Waals surface area contributed by atoms with Crippen LogP contribution in [-0.4, -0.2) is 49.0 Å². The number of nitrogens with zero attached hydrogens (tertiary/aromatic N) is 1. The van der Waals surface area contributed by atoms with Crippen molar-refractivity contribution >= 4 is 21.7 Å². The summed E-state index contributed by atoms with van der Waals surface area (Å²) in [5, 5.41) is 3.05. The number of rotatable bonds is 5. The summed E-state index contributed by atoms with van der Waals surface area (Å²) in [6, 6.07) is 14.4. The summed E-state index contributed by atoms with van der Waals surface area (Å²) in [5.41, 5.74) is 2.16. The minimum Gasteiger partial charge on any atom is -0.349 e. The molecular formula is C26H32N2O4S.